The molecule has 18 heteroatoms. The van der Waals surface area contributed by atoms with Crippen molar-refractivity contribution < 1.29 is 89.4 Å². The molecule has 0 amide bonds. The number of aliphatic hydroxyl groups excluding tert-OH is 10. The molecule has 11 N–H and O–H groups in total. The third-order valence-corrected chi connectivity index (χ3v) is 19.1. The predicted molar refractivity (Wildman–Crippen MR) is 226 cm³/mol. The molecule has 3 heterocycles. The highest BCUT2D eigenvalue weighted by Gasteiger charge is 2.72. The molecule has 8 rings (SSSR count). The number of aliphatic hydroxyl groups is 10. The molecule has 0 bridgehead atoms. The molecule has 5 aliphatic carbocycles. The molecule has 0 spiro atoms. The Morgan fingerprint density at radius 1 is 0.708 bits per heavy atom. The number of rotatable bonds is 8. The Hall–Kier alpha value is -1.43. The number of aliphatic carboxylic acids is 1. The Bertz CT molecular complexity index is 1800. The first-order valence-corrected chi connectivity index (χ1v) is 23.8. The van der Waals surface area contributed by atoms with Crippen molar-refractivity contribution in [1.29, 1.82) is 0 Å². The third kappa shape index (κ3) is 7.62. The monoisotopic (exact) mass is 929 g/mol. The number of carboxylic acids is 1. The van der Waals surface area contributed by atoms with E-state index in [1.165, 1.54) is 6.92 Å². The summed E-state index contributed by atoms with van der Waals surface area (Å²) in [6.45, 7) is 15.8. The molecule has 3 aliphatic heterocycles. The maximum atomic E-state index is 13.2. The molecule has 4 saturated carbocycles. The Morgan fingerprint density at radius 3 is 2.06 bits per heavy atom. The molecule has 0 aromatic heterocycles. The molecule has 0 unspecified atom stereocenters. The molecule has 8 aliphatic rings. The highest BCUT2D eigenvalue weighted by molar-refractivity contribution is 5.78. The van der Waals surface area contributed by atoms with E-state index in [-0.39, 0.29) is 35.7 Å². The van der Waals surface area contributed by atoms with E-state index in [0.29, 0.717) is 19.3 Å². The van der Waals surface area contributed by atoms with Gasteiger partial charge in [0.25, 0.3) is 0 Å². The maximum absolute atomic E-state index is 13.2. The number of allylic oxidation sites excluding steroid dienone is 2. The van der Waals surface area contributed by atoms with Crippen molar-refractivity contribution in [3.63, 3.8) is 0 Å². The van der Waals surface area contributed by atoms with Crippen LogP contribution in [-0.2, 0) is 33.2 Å². The van der Waals surface area contributed by atoms with E-state index in [1.54, 1.807) is 0 Å². The SMILES string of the molecule is C[C@H]1O[C@@H](OC[C@H]2O[C@@H](O[C@H]3CC[C@]4(C)[C@H]5CC=C6[C@@H]7CC(C)(C)[C@@H](O)C[C@]7(C(=O)O)[C@H](O)C[C@@]6(C)[C@]5(C)CC[C@H]4C3(C)C)[C@H](O)[C@@H](O)[C@@H]2O)[C@H](O[C@@H]2OC[C@@H](O)[C@H](O)[C@H]2O)[C@@H](O)[C@H]1O. The molecule has 65 heavy (non-hydrogen) atoms. The fraction of sp³-hybridized carbons (Fsp3) is 0.936. The van der Waals surface area contributed by atoms with Crippen molar-refractivity contribution >= 4 is 5.97 Å². The summed E-state index contributed by atoms with van der Waals surface area (Å²) in [5.74, 6) is -1.14. The number of carbonyl (C=O) groups is 1. The van der Waals surface area contributed by atoms with Crippen molar-refractivity contribution in [2.24, 2.45) is 50.2 Å². The van der Waals surface area contributed by atoms with Gasteiger partial charge in [0.1, 0.15) is 66.5 Å². The quantitative estimate of drug-likeness (QED) is 0.115. The molecular formula is C47H76O18. The Labute approximate surface area is 380 Å². The smallest absolute Gasteiger partial charge is 0.312 e. The lowest BCUT2D eigenvalue weighted by Gasteiger charge is -2.72. The fourth-order valence-corrected chi connectivity index (χ4v) is 14.8. The van der Waals surface area contributed by atoms with Crippen molar-refractivity contribution in [3.05, 3.63) is 11.6 Å². The fourth-order valence-electron chi connectivity index (χ4n) is 14.8. The average Bonchev–Trinajstić information content (AvgIpc) is 3.22. The minimum Gasteiger partial charge on any atom is -0.481 e. The van der Waals surface area contributed by atoms with Crippen LogP contribution in [0.3, 0.4) is 0 Å². The lowest BCUT2D eigenvalue weighted by atomic mass is 9.33. The van der Waals surface area contributed by atoms with Gasteiger partial charge in [0, 0.05) is 0 Å². The van der Waals surface area contributed by atoms with Gasteiger partial charge in [0.15, 0.2) is 18.9 Å². The van der Waals surface area contributed by atoms with Gasteiger partial charge in [-0.3, -0.25) is 4.79 Å². The van der Waals surface area contributed by atoms with Crippen LogP contribution in [0.15, 0.2) is 11.6 Å². The zero-order chi connectivity index (χ0) is 47.7. The molecule has 18 nitrogen and oxygen atoms in total. The van der Waals surface area contributed by atoms with Gasteiger partial charge in [-0.1, -0.05) is 60.1 Å². The molecule has 3 saturated heterocycles. The molecule has 0 radical (unpaired) electrons. The average molecular weight is 929 g/mol. The molecular weight excluding hydrogens is 852 g/mol. The summed E-state index contributed by atoms with van der Waals surface area (Å²) in [6, 6.07) is 0. The maximum Gasteiger partial charge on any atom is 0.312 e. The van der Waals surface area contributed by atoms with Crippen LogP contribution in [0, 0.1) is 50.2 Å². The summed E-state index contributed by atoms with van der Waals surface area (Å²) in [5.41, 5.74) is -2.31. The predicted octanol–water partition coefficient (Wildman–Crippen LogP) is 0.315. The van der Waals surface area contributed by atoms with E-state index in [4.69, 9.17) is 28.4 Å². The second-order valence-electron chi connectivity index (χ2n) is 23.2. The largest absolute Gasteiger partial charge is 0.481 e. The van der Waals surface area contributed by atoms with Gasteiger partial charge in [-0.15, -0.1) is 0 Å². The number of hydrogen-bond acceptors (Lipinski definition) is 17. The summed E-state index contributed by atoms with van der Waals surface area (Å²) in [4.78, 5) is 13.2. The molecule has 0 aromatic rings. The molecule has 0 aromatic carbocycles. The Morgan fingerprint density at radius 2 is 1.38 bits per heavy atom. The third-order valence-electron chi connectivity index (χ3n) is 19.1. The first-order chi connectivity index (χ1) is 30.2. The van der Waals surface area contributed by atoms with Crippen LogP contribution in [0.25, 0.3) is 0 Å². The minimum absolute atomic E-state index is 0.00745. The number of fused-ring (bicyclic) bond motifs is 7. The number of hydrogen-bond donors (Lipinski definition) is 11. The summed E-state index contributed by atoms with van der Waals surface area (Å²) >= 11 is 0. The van der Waals surface area contributed by atoms with Crippen LogP contribution in [0.5, 0.6) is 0 Å². The normalized spacial score (nSPS) is 55.1. The van der Waals surface area contributed by atoms with Gasteiger partial charge in [0.2, 0.25) is 0 Å². The summed E-state index contributed by atoms with van der Waals surface area (Å²) in [7, 11) is 0. The summed E-state index contributed by atoms with van der Waals surface area (Å²) in [5, 5.41) is 120. The second kappa shape index (κ2) is 17.2. The summed E-state index contributed by atoms with van der Waals surface area (Å²) < 4.78 is 35.7. The van der Waals surface area contributed by atoms with Gasteiger partial charge >= 0.3 is 5.97 Å². The highest BCUT2D eigenvalue weighted by Crippen LogP contribution is 2.76. The van der Waals surface area contributed by atoms with E-state index < -0.39 is 144 Å². The van der Waals surface area contributed by atoms with Crippen molar-refractivity contribution in [2.45, 2.75) is 211 Å². The zero-order valence-electron chi connectivity index (χ0n) is 39.0. The first-order valence-electron chi connectivity index (χ1n) is 23.8. The van der Waals surface area contributed by atoms with E-state index in [1.807, 2.05) is 13.8 Å². The molecule has 24 atom stereocenters. The zero-order valence-corrected chi connectivity index (χ0v) is 39.0. The topological polar surface area (TPSA) is 295 Å². The van der Waals surface area contributed by atoms with Crippen LogP contribution in [0.2, 0.25) is 0 Å². The van der Waals surface area contributed by atoms with Gasteiger partial charge in [-0.2, -0.15) is 0 Å². The molecule has 7 fully saturated rings. The van der Waals surface area contributed by atoms with Gasteiger partial charge in [0.05, 0.1) is 37.6 Å². The van der Waals surface area contributed by atoms with E-state index in [9.17, 15) is 61.0 Å². The Kier molecular flexibility index (Phi) is 13.2. The van der Waals surface area contributed by atoms with Crippen LogP contribution in [0.1, 0.15) is 107 Å². The summed E-state index contributed by atoms with van der Waals surface area (Å²) in [6.07, 6.45) is -16.5. The first kappa shape index (κ1) is 50.0. The van der Waals surface area contributed by atoms with E-state index in [0.717, 1.165) is 31.3 Å². The number of ether oxygens (including phenoxy) is 6. The van der Waals surface area contributed by atoms with Gasteiger partial charge in [-0.25, -0.2) is 0 Å². The highest BCUT2D eigenvalue weighted by atomic mass is 16.8. The van der Waals surface area contributed by atoms with Crippen LogP contribution in [0.4, 0.5) is 0 Å². The Balaban J connectivity index is 0.979. The van der Waals surface area contributed by atoms with Crippen molar-refractivity contribution in [1.82, 2.24) is 0 Å². The van der Waals surface area contributed by atoms with Crippen LogP contribution >= 0.6 is 0 Å². The van der Waals surface area contributed by atoms with Gasteiger partial charge < -0.3 is 84.6 Å². The van der Waals surface area contributed by atoms with Gasteiger partial charge in [-0.05, 0) is 103 Å². The van der Waals surface area contributed by atoms with E-state index in [2.05, 4.69) is 40.7 Å². The minimum atomic E-state index is -1.72. The lowest BCUT2D eigenvalue weighted by molar-refractivity contribution is -0.365. The van der Waals surface area contributed by atoms with E-state index >= 15 is 0 Å². The second-order valence-corrected chi connectivity index (χ2v) is 23.2. The molecule has 372 valence electrons. The number of carboxylic acid groups (broad SMARTS) is 1. The van der Waals surface area contributed by atoms with Crippen LogP contribution < -0.4 is 0 Å². The van der Waals surface area contributed by atoms with Crippen LogP contribution in [-0.4, -0.2) is 180 Å². The lowest BCUT2D eigenvalue weighted by Crippen LogP contribution is -2.68. The van der Waals surface area contributed by atoms with Crippen molar-refractivity contribution in [3.8, 4) is 0 Å². The standard InChI is InChI=1S/C47H76O18/c1-20-30(51)34(55)37(65-38-35(56)31(52)23(48)18-60-38)40(62-20)61-19-24-32(53)33(54)36(57)39(63-24)64-29-12-13-44(6)25(43(29,4)5)11-14-45(7)26(44)10-9-21-22-15-42(2,3)27(49)17-47(22,41(58)59)28(50)16-46(21,45)8/h9,20,22-40,48-57H,10-19H2,1-8H3,(H,58,59)/t20-,22+,23-,24-,25+,26-,27+,28-,29+,30+,31+,32-,33+,34+,35-,36-,37-,38+,39+,40-,44+,45-,46-,47-/m1/s1. The van der Waals surface area contributed by atoms with Crippen molar-refractivity contribution in [2.75, 3.05) is 13.2 Å².